The summed E-state index contributed by atoms with van der Waals surface area (Å²) in [7, 11) is 0. The normalized spacial score (nSPS) is 20.6. The summed E-state index contributed by atoms with van der Waals surface area (Å²) >= 11 is 5.51. The first-order chi connectivity index (χ1) is 7.20. The number of ether oxygens (including phenoxy) is 1. The van der Waals surface area contributed by atoms with Crippen molar-refractivity contribution in [3.63, 3.8) is 0 Å². The third-order valence-corrected chi connectivity index (χ3v) is 2.55. The van der Waals surface area contributed by atoms with Crippen molar-refractivity contribution in [2.75, 3.05) is 5.88 Å². The zero-order valence-corrected chi connectivity index (χ0v) is 8.62. The first-order valence-electron chi connectivity index (χ1n) is 4.59. The summed E-state index contributed by atoms with van der Waals surface area (Å²) < 4.78 is 18.3. The Kier molecular flexibility index (Phi) is 2.93. The van der Waals surface area contributed by atoms with Gasteiger partial charge in [-0.15, -0.1) is 11.6 Å². The Morgan fingerprint density at radius 1 is 1.53 bits per heavy atom. The summed E-state index contributed by atoms with van der Waals surface area (Å²) in [5.74, 6) is 0.359. The molecular weight excluding hydrogens is 219 g/mol. The highest BCUT2D eigenvalue weighted by Gasteiger charge is 2.21. The average molecular weight is 229 g/mol. The fourth-order valence-corrected chi connectivity index (χ4v) is 1.61. The average Bonchev–Trinajstić information content (AvgIpc) is 2.27. The molecule has 4 heteroatoms. The SMILES string of the molecule is O[C@H](CCl)[C@H]1C=Cc2cc(F)ccc2O1. The first-order valence-corrected chi connectivity index (χ1v) is 5.12. The molecule has 0 spiro atoms. The third kappa shape index (κ3) is 2.13. The molecule has 1 heterocycles. The topological polar surface area (TPSA) is 29.5 Å². The smallest absolute Gasteiger partial charge is 0.144 e. The van der Waals surface area contributed by atoms with E-state index in [4.69, 9.17) is 16.3 Å². The van der Waals surface area contributed by atoms with Crippen molar-refractivity contribution in [3.05, 3.63) is 35.7 Å². The van der Waals surface area contributed by atoms with Gasteiger partial charge in [0.2, 0.25) is 0 Å². The predicted molar refractivity (Wildman–Crippen MR) is 56.6 cm³/mol. The molecule has 0 bridgehead atoms. The molecule has 0 aliphatic carbocycles. The van der Waals surface area contributed by atoms with Gasteiger partial charge in [-0.2, -0.15) is 0 Å². The number of fused-ring (bicyclic) bond motifs is 1. The van der Waals surface area contributed by atoms with E-state index in [0.29, 0.717) is 11.3 Å². The number of rotatable bonds is 2. The molecule has 15 heavy (non-hydrogen) atoms. The van der Waals surface area contributed by atoms with Crippen LogP contribution >= 0.6 is 11.6 Å². The van der Waals surface area contributed by atoms with Crippen LogP contribution in [0.15, 0.2) is 24.3 Å². The molecular formula is C11H10ClFO2. The van der Waals surface area contributed by atoms with Crippen LogP contribution in [0.5, 0.6) is 5.75 Å². The van der Waals surface area contributed by atoms with Gasteiger partial charge in [0.25, 0.3) is 0 Å². The molecule has 80 valence electrons. The second-order valence-corrected chi connectivity index (χ2v) is 3.65. The maximum absolute atomic E-state index is 12.9. The summed E-state index contributed by atoms with van der Waals surface area (Å²) in [5.41, 5.74) is 0.674. The Labute approximate surface area is 91.9 Å². The van der Waals surface area contributed by atoms with E-state index in [2.05, 4.69) is 0 Å². The highest BCUT2D eigenvalue weighted by atomic mass is 35.5. The lowest BCUT2D eigenvalue weighted by Crippen LogP contribution is -2.32. The van der Waals surface area contributed by atoms with Crippen LogP contribution in [-0.2, 0) is 0 Å². The standard InChI is InChI=1S/C11H10ClFO2/c12-6-9(14)11-3-1-7-5-8(13)2-4-10(7)15-11/h1-5,9,11,14H,6H2/t9-,11-/m1/s1. The number of aliphatic hydroxyl groups is 1. The van der Waals surface area contributed by atoms with E-state index in [9.17, 15) is 9.50 Å². The van der Waals surface area contributed by atoms with Crippen LogP contribution in [0.2, 0.25) is 0 Å². The van der Waals surface area contributed by atoms with Crippen LogP contribution in [0.25, 0.3) is 6.08 Å². The van der Waals surface area contributed by atoms with Gasteiger partial charge in [-0.05, 0) is 24.3 Å². The fraction of sp³-hybridized carbons (Fsp3) is 0.273. The minimum absolute atomic E-state index is 0.103. The summed E-state index contributed by atoms with van der Waals surface area (Å²) in [6.07, 6.45) is 2.19. The predicted octanol–water partition coefficient (Wildman–Crippen LogP) is 2.20. The van der Waals surface area contributed by atoms with Gasteiger partial charge in [-0.3, -0.25) is 0 Å². The minimum atomic E-state index is -0.749. The highest BCUT2D eigenvalue weighted by Crippen LogP contribution is 2.27. The monoisotopic (exact) mass is 228 g/mol. The van der Waals surface area contributed by atoms with Crippen LogP contribution in [0.1, 0.15) is 5.56 Å². The van der Waals surface area contributed by atoms with E-state index >= 15 is 0 Å². The molecule has 0 saturated heterocycles. The van der Waals surface area contributed by atoms with Crippen LogP contribution < -0.4 is 4.74 Å². The lowest BCUT2D eigenvalue weighted by Gasteiger charge is -2.24. The Morgan fingerprint density at radius 2 is 2.33 bits per heavy atom. The number of hydrogen-bond donors (Lipinski definition) is 1. The molecule has 0 radical (unpaired) electrons. The van der Waals surface area contributed by atoms with E-state index in [1.807, 2.05) is 0 Å². The summed E-state index contributed by atoms with van der Waals surface area (Å²) in [6, 6.07) is 4.25. The Bertz CT molecular complexity index is 392. The van der Waals surface area contributed by atoms with E-state index in [1.165, 1.54) is 12.1 Å². The van der Waals surface area contributed by atoms with Gasteiger partial charge in [0.1, 0.15) is 23.8 Å². The molecule has 2 nitrogen and oxygen atoms in total. The molecule has 1 N–H and O–H groups in total. The molecule has 0 aromatic heterocycles. The summed E-state index contributed by atoms with van der Waals surface area (Å²) in [4.78, 5) is 0. The highest BCUT2D eigenvalue weighted by molar-refractivity contribution is 6.18. The number of benzene rings is 1. The molecule has 1 aliphatic rings. The first kappa shape index (κ1) is 10.5. The zero-order valence-electron chi connectivity index (χ0n) is 7.86. The number of alkyl halides is 1. The van der Waals surface area contributed by atoms with Gasteiger partial charge in [-0.25, -0.2) is 4.39 Å². The van der Waals surface area contributed by atoms with Crippen molar-refractivity contribution in [2.24, 2.45) is 0 Å². The summed E-state index contributed by atoms with van der Waals surface area (Å²) in [6.45, 7) is 0. The molecule has 2 atom stereocenters. The molecule has 1 aliphatic heterocycles. The van der Waals surface area contributed by atoms with Gasteiger partial charge in [0, 0.05) is 5.56 Å². The van der Waals surface area contributed by atoms with Crippen molar-refractivity contribution in [1.82, 2.24) is 0 Å². The van der Waals surface area contributed by atoms with Gasteiger partial charge in [0.05, 0.1) is 5.88 Å². The quantitative estimate of drug-likeness (QED) is 0.787. The summed E-state index contributed by atoms with van der Waals surface area (Å²) in [5, 5.41) is 9.48. The van der Waals surface area contributed by atoms with Crippen molar-refractivity contribution < 1.29 is 14.2 Å². The van der Waals surface area contributed by atoms with Crippen molar-refractivity contribution in [2.45, 2.75) is 12.2 Å². The molecule has 2 rings (SSSR count). The molecule has 0 amide bonds. The molecule has 0 unspecified atom stereocenters. The Morgan fingerprint density at radius 3 is 3.07 bits per heavy atom. The number of halogens is 2. The van der Waals surface area contributed by atoms with Crippen LogP contribution in [0.3, 0.4) is 0 Å². The second kappa shape index (κ2) is 4.21. The minimum Gasteiger partial charge on any atom is -0.483 e. The fourth-order valence-electron chi connectivity index (χ4n) is 1.44. The van der Waals surface area contributed by atoms with E-state index in [0.717, 1.165) is 0 Å². The van der Waals surface area contributed by atoms with E-state index in [1.54, 1.807) is 18.2 Å². The van der Waals surface area contributed by atoms with Crippen molar-refractivity contribution >= 4 is 17.7 Å². The second-order valence-electron chi connectivity index (χ2n) is 3.35. The molecule has 0 fully saturated rings. The van der Waals surface area contributed by atoms with Crippen LogP contribution in [0, 0.1) is 5.82 Å². The van der Waals surface area contributed by atoms with Gasteiger partial charge < -0.3 is 9.84 Å². The van der Waals surface area contributed by atoms with Gasteiger partial charge >= 0.3 is 0 Å². The largest absolute Gasteiger partial charge is 0.483 e. The molecule has 1 aromatic rings. The molecule has 0 saturated carbocycles. The maximum Gasteiger partial charge on any atom is 0.144 e. The van der Waals surface area contributed by atoms with Crippen LogP contribution in [0.4, 0.5) is 4.39 Å². The number of aliphatic hydroxyl groups excluding tert-OH is 1. The van der Waals surface area contributed by atoms with E-state index < -0.39 is 12.2 Å². The Balaban J connectivity index is 2.24. The number of hydrogen-bond acceptors (Lipinski definition) is 2. The van der Waals surface area contributed by atoms with E-state index in [-0.39, 0.29) is 11.7 Å². The lowest BCUT2D eigenvalue weighted by molar-refractivity contribution is 0.0786. The van der Waals surface area contributed by atoms with Gasteiger partial charge in [0.15, 0.2) is 0 Å². The maximum atomic E-state index is 12.9. The zero-order chi connectivity index (χ0) is 10.8. The van der Waals surface area contributed by atoms with Gasteiger partial charge in [-0.1, -0.05) is 6.08 Å². The van der Waals surface area contributed by atoms with Crippen LogP contribution in [-0.4, -0.2) is 23.2 Å². The molecule has 1 aromatic carbocycles. The van der Waals surface area contributed by atoms with Crippen molar-refractivity contribution in [1.29, 1.82) is 0 Å². The third-order valence-electron chi connectivity index (χ3n) is 2.24. The Hall–Kier alpha value is -1.06. The lowest BCUT2D eigenvalue weighted by atomic mass is 10.1. The van der Waals surface area contributed by atoms with Crippen molar-refractivity contribution in [3.8, 4) is 5.75 Å².